The molecule has 0 unspecified atom stereocenters. The molecule has 0 N–H and O–H groups in total. The van der Waals surface area contributed by atoms with Crippen molar-refractivity contribution in [2.45, 2.75) is 57.2 Å². The third-order valence-corrected chi connectivity index (χ3v) is 7.23. The van der Waals surface area contributed by atoms with E-state index in [4.69, 9.17) is 0 Å². The zero-order chi connectivity index (χ0) is 14.2. The largest absolute Gasteiger partial charge is 0.299 e. The molecule has 18 heavy (non-hydrogen) atoms. The van der Waals surface area contributed by atoms with Crippen molar-refractivity contribution in [1.82, 2.24) is 0 Å². The number of sulfone groups is 2. The molecule has 0 radical (unpaired) electrons. The highest BCUT2D eigenvalue weighted by molar-refractivity contribution is 8.08. The first kappa shape index (κ1) is 17.8. The lowest BCUT2D eigenvalue weighted by Gasteiger charge is -2.10. The molecule has 0 bridgehead atoms. The molecular weight excluding hydrogens is 279 g/mol. The van der Waals surface area contributed by atoms with Gasteiger partial charge >= 0.3 is 0 Å². The van der Waals surface area contributed by atoms with E-state index in [0.29, 0.717) is 25.7 Å². The number of hydrogen-bond donors (Lipinski definition) is 0. The number of rotatable bonds is 10. The fourth-order valence-electron chi connectivity index (χ4n) is 1.52. The lowest BCUT2D eigenvalue weighted by Crippen LogP contribution is -2.30. The predicted octanol–water partition coefficient (Wildman–Crippen LogP) is 2.45. The second kappa shape index (κ2) is 8.09. The Morgan fingerprint density at radius 2 is 1.11 bits per heavy atom. The first-order valence-electron chi connectivity index (χ1n) is 6.35. The number of unbranched alkanes of at least 4 members (excludes halogenated alkanes) is 4. The van der Waals surface area contributed by atoms with Crippen LogP contribution in [-0.2, 0) is 19.7 Å². The normalized spacial score (nSPS) is 13.1. The van der Waals surface area contributed by atoms with E-state index >= 15 is 0 Å². The second-order valence-electron chi connectivity index (χ2n) is 4.42. The lowest BCUT2D eigenvalue weighted by atomic mass is 10.3. The average Bonchev–Trinajstić information content (AvgIpc) is 2.28. The van der Waals surface area contributed by atoms with Gasteiger partial charge in [0.15, 0.2) is 19.7 Å². The van der Waals surface area contributed by atoms with Crippen molar-refractivity contribution in [3.8, 4) is 0 Å². The van der Waals surface area contributed by atoms with Crippen molar-refractivity contribution < 1.29 is 21.2 Å². The second-order valence-corrected chi connectivity index (χ2v) is 9.02. The van der Waals surface area contributed by atoms with E-state index in [1.54, 1.807) is 0 Å². The van der Waals surface area contributed by atoms with Crippen LogP contribution in [0.3, 0.4) is 0 Å². The van der Waals surface area contributed by atoms with Gasteiger partial charge in [0, 0.05) is 0 Å². The van der Waals surface area contributed by atoms with Gasteiger partial charge in [0.25, 0.3) is 4.84 Å². The molecule has 0 aliphatic carbocycles. The molecule has 4 nitrogen and oxygen atoms in total. The summed E-state index contributed by atoms with van der Waals surface area (Å²) in [5.74, 6) is -0.788. The van der Waals surface area contributed by atoms with Crippen molar-refractivity contribution in [1.29, 1.82) is 0 Å². The molecular formula is C11H23FO4S2. The first-order valence-corrected chi connectivity index (χ1v) is 9.78. The molecule has 0 aromatic rings. The molecule has 0 heterocycles. The molecule has 0 saturated heterocycles. The van der Waals surface area contributed by atoms with E-state index in [9.17, 15) is 21.2 Å². The highest BCUT2D eigenvalue weighted by Crippen LogP contribution is 2.17. The van der Waals surface area contributed by atoms with Gasteiger partial charge < -0.3 is 0 Å². The Labute approximate surface area is 110 Å². The van der Waals surface area contributed by atoms with Crippen LogP contribution in [0.1, 0.15) is 52.4 Å². The van der Waals surface area contributed by atoms with Crippen LogP contribution in [0.25, 0.3) is 0 Å². The molecule has 0 spiro atoms. The van der Waals surface area contributed by atoms with Gasteiger partial charge in [-0.1, -0.05) is 39.5 Å². The van der Waals surface area contributed by atoms with Gasteiger partial charge in [-0.05, 0) is 12.8 Å². The molecule has 0 saturated carbocycles. The third-order valence-electron chi connectivity index (χ3n) is 2.63. The minimum absolute atomic E-state index is 0.309. The van der Waals surface area contributed by atoms with Crippen LogP contribution in [0.4, 0.5) is 4.39 Å². The van der Waals surface area contributed by atoms with Crippen LogP contribution >= 0.6 is 0 Å². The Morgan fingerprint density at radius 1 is 0.778 bits per heavy atom. The van der Waals surface area contributed by atoms with Gasteiger partial charge in [-0.25, -0.2) is 21.2 Å². The summed E-state index contributed by atoms with van der Waals surface area (Å²) in [6, 6.07) is 0. The smallest absolute Gasteiger partial charge is 0.225 e. The standard InChI is InChI=1S/C11H23FO4S2/c1-3-5-7-9-17(13,14)11(12)18(15,16)10-8-6-4-2/h11H,3-10H2,1-2H3. The zero-order valence-electron chi connectivity index (χ0n) is 11.1. The third kappa shape index (κ3) is 6.13. The average molecular weight is 302 g/mol. The molecule has 0 aromatic heterocycles. The fourth-order valence-corrected chi connectivity index (χ4v) is 5.46. The Morgan fingerprint density at radius 3 is 1.39 bits per heavy atom. The summed E-state index contributed by atoms with van der Waals surface area (Å²) >= 11 is 0. The van der Waals surface area contributed by atoms with Gasteiger partial charge in [-0.15, -0.1) is 0 Å². The van der Waals surface area contributed by atoms with Crippen LogP contribution in [0.2, 0.25) is 0 Å². The molecule has 0 atom stereocenters. The van der Waals surface area contributed by atoms with E-state index in [0.717, 1.165) is 12.8 Å². The fraction of sp³-hybridized carbons (Fsp3) is 1.00. The maximum Gasteiger partial charge on any atom is 0.299 e. The molecule has 0 rings (SSSR count). The van der Waals surface area contributed by atoms with Crippen molar-refractivity contribution in [3.63, 3.8) is 0 Å². The van der Waals surface area contributed by atoms with E-state index in [2.05, 4.69) is 0 Å². The summed E-state index contributed by atoms with van der Waals surface area (Å²) in [5, 5.41) is 0. The highest BCUT2D eigenvalue weighted by Gasteiger charge is 2.36. The maximum absolute atomic E-state index is 13.6. The van der Waals surface area contributed by atoms with Gasteiger partial charge in [-0.3, -0.25) is 0 Å². The molecule has 110 valence electrons. The molecule has 0 fully saturated rings. The summed E-state index contributed by atoms with van der Waals surface area (Å²) in [7, 11) is -8.36. The molecule has 7 heteroatoms. The van der Waals surface area contributed by atoms with Crippen LogP contribution in [0, 0.1) is 0 Å². The Balaban J connectivity index is 4.55. The Hall–Kier alpha value is -0.170. The Bertz CT molecular complexity index is 374. The van der Waals surface area contributed by atoms with E-state index in [1.165, 1.54) is 0 Å². The maximum atomic E-state index is 13.6. The van der Waals surface area contributed by atoms with Gasteiger partial charge in [0.2, 0.25) is 0 Å². The number of alkyl halides is 1. The van der Waals surface area contributed by atoms with E-state index in [-0.39, 0.29) is 0 Å². The van der Waals surface area contributed by atoms with Crippen LogP contribution in [-0.4, -0.2) is 33.2 Å². The SMILES string of the molecule is CCCCCS(=O)(=O)C(F)S(=O)(=O)CCCCC. The van der Waals surface area contributed by atoms with Crippen LogP contribution in [0.5, 0.6) is 0 Å². The van der Waals surface area contributed by atoms with Crippen molar-refractivity contribution >= 4 is 19.7 Å². The topological polar surface area (TPSA) is 68.3 Å². The van der Waals surface area contributed by atoms with Crippen LogP contribution in [0.15, 0.2) is 0 Å². The molecule has 0 amide bonds. The van der Waals surface area contributed by atoms with Crippen molar-refractivity contribution in [2.75, 3.05) is 11.5 Å². The van der Waals surface area contributed by atoms with Gasteiger partial charge in [-0.2, -0.15) is 0 Å². The van der Waals surface area contributed by atoms with Crippen molar-refractivity contribution in [2.24, 2.45) is 0 Å². The summed E-state index contributed by atoms with van der Waals surface area (Å²) in [6.07, 6.45) is 3.53. The molecule has 0 aliphatic heterocycles. The minimum atomic E-state index is -4.18. The monoisotopic (exact) mass is 302 g/mol. The lowest BCUT2D eigenvalue weighted by molar-refractivity contribution is 0.475. The summed E-state index contributed by atoms with van der Waals surface area (Å²) in [6.45, 7) is 3.78. The van der Waals surface area contributed by atoms with E-state index < -0.39 is 36.0 Å². The van der Waals surface area contributed by atoms with E-state index in [1.807, 2.05) is 13.8 Å². The van der Waals surface area contributed by atoms with Gasteiger partial charge in [0.05, 0.1) is 11.5 Å². The molecule has 0 aromatic carbocycles. The first-order chi connectivity index (χ1) is 8.28. The van der Waals surface area contributed by atoms with Crippen molar-refractivity contribution in [3.05, 3.63) is 0 Å². The summed E-state index contributed by atoms with van der Waals surface area (Å²) in [4.78, 5) is -2.75. The van der Waals surface area contributed by atoms with Gasteiger partial charge in [0.1, 0.15) is 0 Å². The predicted molar refractivity (Wildman–Crippen MR) is 71.5 cm³/mol. The Kier molecular flexibility index (Phi) is 8.02. The summed E-state index contributed by atoms with van der Waals surface area (Å²) < 4.78 is 59.8. The zero-order valence-corrected chi connectivity index (χ0v) is 12.7. The quantitative estimate of drug-likeness (QED) is 0.581. The van der Waals surface area contributed by atoms with Crippen LogP contribution < -0.4 is 0 Å². The molecule has 0 aliphatic rings. The summed E-state index contributed by atoms with van der Waals surface area (Å²) in [5.41, 5.74) is 0. The minimum Gasteiger partial charge on any atom is -0.225 e. The number of halogens is 1. The highest BCUT2D eigenvalue weighted by atomic mass is 32.3. The number of hydrogen-bond acceptors (Lipinski definition) is 4.